The highest BCUT2D eigenvalue weighted by Crippen LogP contribution is 1.99. The predicted octanol–water partition coefficient (Wildman–Crippen LogP) is 0.590. The van der Waals surface area contributed by atoms with E-state index < -0.39 is 17.6 Å². The largest absolute Gasteiger partial charge is 0.382 e. The summed E-state index contributed by atoms with van der Waals surface area (Å²) in [5, 5.41) is 18.8. The summed E-state index contributed by atoms with van der Waals surface area (Å²) in [6.45, 7) is 2.99. The fraction of sp³-hybridized carbons (Fsp3) is 0.667. The lowest BCUT2D eigenvalue weighted by atomic mass is 10.2. The maximum absolute atomic E-state index is 9.85. The van der Waals surface area contributed by atoms with Crippen LogP contribution in [0.15, 0.2) is 11.6 Å². The molecule has 10 heavy (non-hydrogen) atoms. The van der Waals surface area contributed by atoms with Crippen LogP contribution in [0.3, 0.4) is 0 Å². The van der Waals surface area contributed by atoms with E-state index >= 15 is 0 Å². The second-order valence-electron chi connectivity index (χ2n) is 2.06. The Morgan fingerprint density at radius 1 is 1.90 bits per heavy atom. The van der Waals surface area contributed by atoms with E-state index in [1.165, 1.54) is 0 Å². The third-order valence-electron chi connectivity index (χ3n) is 1.30. The van der Waals surface area contributed by atoms with E-state index in [9.17, 15) is 10.1 Å². The van der Waals surface area contributed by atoms with Crippen LogP contribution >= 0.6 is 0 Å². The molecule has 4 nitrogen and oxygen atoms in total. The van der Waals surface area contributed by atoms with Gasteiger partial charge in [-0.1, -0.05) is 6.08 Å². The van der Waals surface area contributed by atoms with E-state index in [1.807, 2.05) is 0 Å². The van der Waals surface area contributed by atoms with Gasteiger partial charge >= 0.3 is 0 Å². The number of aliphatic hydroxyl groups excluding tert-OH is 1. The Morgan fingerprint density at radius 3 is 2.70 bits per heavy atom. The zero-order chi connectivity index (χ0) is 8.15. The number of allylic oxidation sites excluding steroid dienone is 1. The molecule has 1 N–H and O–H groups in total. The van der Waals surface area contributed by atoms with Gasteiger partial charge in [-0.05, 0) is 19.4 Å². The molecule has 0 aromatic carbocycles. The van der Waals surface area contributed by atoms with E-state index in [-0.39, 0.29) is 0 Å². The lowest BCUT2D eigenvalue weighted by Gasteiger charge is -2.03. The Hall–Kier alpha value is -0.900. The van der Waals surface area contributed by atoms with Crippen LogP contribution in [0.4, 0.5) is 0 Å². The second kappa shape index (κ2) is 4.00. The molecule has 0 bridgehead atoms. The summed E-state index contributed by atoms with van der Waals surface area (Å²) in [4.78, 5) is 9.32. The Morgan fingerprint density at radius 2 is 2.40 bits per heavy atom. The molecule has 0 amide bonds. The second-order valence-corrected chi connectivity index (χ2v) is 2.06. The zero-order valence-corrected chi connectivity index (χ0v) is 6.07. The van der Waals surface area contributed by atoms with Crippen molar-refractivity contribution < 1.29 is 10.0 Å². The molecule has 0 spiro atoms. The van der Waals surface area contributed by atoms with E-state index in [0.29, 0.717) is 5.57 Å². The van der Waals surface area contributed by atoms with E-state index in [1.54, 1.807) is 19.9 Å². The predicted molar refractivity (Wildman–Crippen MR) is 37.3 cm³/mol. The van der Waals surface area contributed by atoms with Crippen LogP contribution < -0.4 is 0 Å². The van der Waals surface area contributed by atoms with Crippen molar-refractivity contribution >= 4 is 0 Å². The summed E-state index contributed by atoms with van der Waals surface area (Å²) in [6, 6.07) is 0. The molecule has 0 fully saturated rings. The molecule has 0 aliphatic rings. The van der Waals surface area contributed by atoms with Crippen molar-refractivity contribution in [2.45, 2.75) is 20.0 Å². The first-order valence-electron chi connectivity index (χ1n) is 3.00. The zero-order valence-electron chi connectivity index (χ0n) is 6.07. The van der Waals surface area contributed by atoms with Crippen molar-refractivity contribution in [3.05, 3.63) is 21.8 Å². The van der Waals surface area contributed by atoms with Crippen molar-refractivity contribution in [2.24, 2.45) is 0 Å². The number of aliphatic hydroxyl groups is 1. The highest BCUT2D eigenvalue weighted by molar-refractivity contribution is 5.02. The number of hydrogen-bond acceptors (Lipinski definition) is 3. The SMILES string of the molecule is C/C=C(\C)[C@@H](O)C[N+](=O)[O-]. The maximum atomic E-state index is 9.85. The number of nitrogens with zero attached hydrogens (tertiary/aromatic N) is 1. The summed E-state index contributed by atoms with van der Waals surface area (Å²) in [6.07, 6.45) is 0.730. The smallest absolute Gasteiger partial charge is 0.233 e. The molecular formula is C6H11NO3. The third-order valence-corrected chi connectivity index (χ3v) is 1.30. The highest BCUT2D eigenvalue weighted by Gasteiger charge is 2.11. The fourth-order valence-electron chi connectivity index (χ4n) is 0.478. The topological polar surface area (TPSA) is 63.4 Å². The summed E-state index contributed by atoms with van der Waals surface area (Å²) < 4.78 is 0. The van der Waals surface area contributed by atoms with Crippen LogP contribution in [0.25, 0.3) is 0 Å². The van der Waals surface area contributed by atoms with Crippen LogP contribution in [0.2, 0.25) is 0 Å². The van der Waals surface area contributed by atoms with E-state index in [2.05, 4.69) is 0 Å². The quantitative estimate of drug-likeness (QED) is 0.359. The summed E-state index contributed by atoms with van der Waals surface area (Å²) in [5.74, 6) is 0. The molecule has 4 heteroatoms. The molecule has 58 valence electrons. The van der Waals surface area contributed by atoms with Gasteiger partial charge in [0.25, 0.3) is 0 Å². The van der Waals surface area contributed by atoms with Gasteiger partial charge in [0.1, 0.15) is 6.10 Å². The first-order chi connectivity index (χ1) is 4.57. The number of rotatable bonds is 3. The third kappa shape index (κ3) is 3.19. The average molecular weight is 145 g/mol. The monoisotopic (exact) mass is 145 g/mol. The summed E-state index contributed by atoms with van der Waals surface area (Å²) in [5.41, 5.74) is 0.636. The van der Waals surface area contributed by atoms with Gasteiger partial charge in [-0.2, -0.15) is 0 Å². The van der Waals surface area contributed by atoms with Crippen molar-refractivity contribution in [1.82, 2.24) is 0 Å². The number of hydrogen-bond donors (Lipinski definition) is 1. The molecule has 0 aromatic rings. The lowest BCUT2D eigenvalue weighted by Crippen LogP contribution is -2.20. The molecule has 1 atom stereocenters. The van der Waals surface area contributed by atoms with Gasteiger partial charge in [0.15, 0.2) is 0 Å². The van der Waals surface area contributed by atoms with Crippen LogP contribution in [0, 0.1) is 10.1 Å². The fourth-order valence-corrected chi connectivity index (χ4v) is 0.478. The lowest BCUT2D eigenvalue weighted by molar-refractivity contribution is -0.488. The van der Waals surface area contributed by atoms with E-state index in [0.717, 1.165) is 0 Å². The Labute approximate surface area is 59.3 Å². The Kier molecular flexibility index (Phi) is 3.64. The van der Waals surface area contributed by atoms with Gasteiger partial charge in [-0.3, -0.25) is 10.1 Å². The molecule has 0 rings (SSSR count). The van der Waals surface area contributed by atoms with Gasteiger partial charge in [-0.25, -0.2) is 0 Å². The standard InChI is InChI=1S/C6H11NO3/c1-3-5(2)6(8)4-7(9)10/h3,6,8H,4H2,1-2H3/b5-3+/t6-/m0/s1. The van der Waals surface area contributed by atoms with Gasteiger partial charge < -0.3 is 5.11 Å². The Bertz CT molecular complexity index is 153. The first kappa shape index (κ1) is 9.10. The molecule has 0 unspecified atom stereocenters. The minimum Gasteiger partial charge on any atom is -0.382 e. The molecule has 0 saturated heterocycles. The van der Waals surface area contributed by atoms with Crippen LogP contribution in [0.5, 0.6) is 0 Å². The van der Waals surface area contributed by atoms with Crippen molar-refractivity contribution in [3.8, 4) is 0 Å². The summed E-state index contributed by atoms with van der Waals surface area (Å²) >= 11 is 0. The van der Waals surface area contributed by atoms with Gasteiger partial charge in [0.05, 0.1) is 0 Å². The molecule has 0 radical (unpaired) electrons. The Balaban J connectivity index is 3.85. The van der Waals surface area contributed by atoms with Crippen LogP contribution in [-0.4, -0.2) is 22.7 Å². The van der Waals surface area contributed by atoms with Gasteiger partial charge in [0.2, 0.25) is 6.54 Å². The average Bonchev–Trinajstić information content (AvgIpc) is 1.85. The number of nitro groups is 1. The molecule has 0 aliphatic carbocycles. The van der Waals surface area contributed by atoms with Crippen LogP contribution in [0.1, 0.15) is 13.8 Å². The van der Waals surface area contributed by atoms with Crippen molar-refractivity contribution in [2.75, 3.05) is 6.54 Å². The van der Waals surface area contributed by atoms with E-state index in [4.69, 9.17) is 5.11 Å². The van der Waals surface area contributed by atoms with Crippen molar-refractivity contribution in [3.63, 3.8) is 0 Å². The van der Waals surface area contributed by atoms with Gasteiger partial charge in [-0.15, -0.1) is 0 Å². The normalized spacial score (nSPS) is 14.9. The minimum atomic E-state index is -0.931. The maximum Gasteiger partial charge on any atom is 0.233 e. The van der Waals surface area contributed by atoms with Gasteiger partial charge in [0, 0.05) is 4.92 Å². The molecule has 0 aliphatic heterocycles. The minimum absolute atomic E-state index is 0.407. The molecule has 0 heterocycles. The molecule has 0 aromatic heterocycles. The molecule has 0 saturated carbocycles. The molecular weight excluding hydrogens is 134 g/mol. The first-order valence-corrected chi connectivity index (χ1v) is 3.00. The van der Waals surface area contributed by atoms with Crippen LogP contribution in [-0.2, 0) is 0 Å². The van der Waals surface area contributed by atoms with Crippen molar-refractivity contribution in [1.29, 1.82) is 0 Å². The highest BCUT2D eigenvalue weighted by atomic mass is 16.6. The summed E-state index contributed by atoms with van der Waals surface area (Å²) in [7, 11) is 0.